The van der Waals surface area contributed by atoms with E-state index in [1.54, 1.807) is 6.92 Å². The van der Waals surface area contributed by atoms with Crippen molar-refractivity contribution >= 4 is 11.9 Å². The summed E-state index contributed by atoms with van der Waals surface area (Å²) in [4.78, 5) is 23.1. The van der Waals surface area contributed by atoms with E-state index in [9.17, 15) is 14.0 Å². The smallest absolute Gasteiger partial charge is 0.339 e. The zero-order valence-corrected chi connectivity index (χ0v) is 11.0. The minimum absolute atomic E-state index is 0.0226. The summed E-state index contributed by atoms with van der Waals surface area (Å²) in [5, 5.41) is 2.52. The third kappa shape index (κ3) is 3.94. The lowest BCUT2D eigenvalue weighted by atomic mass is 10.2. The highest BCUT2D eigenvalue weighted by Gasteiger charge is 2.19. The van der Waals surface area contributed by atoms with Crippen LogP contribution in [-0.4, -0.2) is 31.6 Å². The lowest BCUT2D eigenvalue weighted by Gasteiger charge is -2.12. The maximum Gasteiger partial charge on any atom is 0.339 e. The van der Waals surface area contributed by atoms with E-state index >= 15 is 0 Å². The van der Waals surface area contributed by atoms with Gasteiger partial charge < -0.3 is 14.8 Å². The molecule has 0 saturated heterocycles. The molecule has 0 fully saturated rings. The number of halogens is 1. The Morgan fingerprint density at radius 1 is 1.42 bits per heavy atom. The Hall–Kier alpha value is -2.11. The predicted octanol–water partition coefficient (Wildman–Crippen LogP) is 1.52. The quantitative estimate of drug-likeness (QED) is 0.823. The van der Waals surface area contributed by atoms with E-state index in [2.05, 4.69) is 5.32 Å². The van der Waals surface area contributed by atoms with Gasteiger partial charge in [0, 0.05) is 6.54 Å². The van der Waals surface area contributed by atoms with Crippen molar-refractivity contribution in [2.24, 2.45) is 0 Å². The number of nitrogens with one attached hydrogen (secondary N) is 1. The largest absolute Gasteiger partial charge is 0.494 e. The van der Waals surface area contributed by atoms with Gasteiger partial charge in [0.2, 0.25) is 0 Å². The molecular weight excluding hydrogens is 253 g/mol. The number of benzene rings is 1. The number of carbonyl (C=O) groups is 2. The van der Waals surface area contributed by atoms with E-state index in [1.807, 2.05) is 0 Å². The number of methoxy groups -OCH3 is 1. The van der Waals surface area contributed by atoms with Crippen LogP contribution in [0.15, 0.2) is 18.2 Å². The highest BCUT2D eigenvalue weighted by Crippen LogP contribution is 2.18. The van der Waals surface area contributed by atoms with Crippen molar-refractivity contribution < 1.29 is 23.5 Å². The number of likely N-dealkylation sites (N-methyl/N-ethyl adjacent to an activating group) is 1. The summed E-state index contributed by atoms with van der Waals surface area (Å²) in [5.41, 5.74) is 0.0226. The molecule has 1 aromatic rings. The minimum Gasteiger partial charge on any atom is -0.494 e. The van der Waals surface area contributed by atoms with Crippen molar-refractivity contribution in [2.45, 2.75) is 20.0 Å². The first-order valence-corrected chi connectivity index (χ1v) is 5.81. The van der Waals surface area contributed by atoms with Crippen LogP contribution in [0.5, 0.6) is 5.75 Å². The molecule has 19 heavy (non-hydrogen) atoms. The Balaban J connectivity index is 2.73. The summed E-state index contributed by atoms with van der Waals surface area (Å²) >= 11 is 0. The second kappa shape index (κ2) is 6.72. The number of hydrogen-bond acceptors (Lipinski definition) is 4. The summed E-state index contributed by atoms with van der Waals surface area (Å²) in [6, 6.07) is 3.70. The first kappa shape index (κ1) is 14.9. The van der Waals surface area contributed by atoms with Crippen LogP contribution in [0.1, 0.15) is 24.2 Å². The van der Waals surface area contributed by atoms with Crippen LogP contribution in [0.2, 0.25) is 0 Å². The number of ether oxygens (including phenoxy) is 2. The highest BCUT2D eigenvalue weighted by molar-refractivity contribution is 5.92. The van der Waals surface area contributed by atoms with Crippen LogP contribution in [0.25, 0.3) is 0 Å². The Labute approximate surface area is 110 Å². The molecule has 0 aliphatic heterocycles. The van der Waals surface area contributed by atoms with Crippen LogP contribution < -0.4 is 10.1 Å². The fourth-order valence-corrected chi connectivity index (χ4v) is 1.39. The third-order valence-electron chi connectivity index (χ3n) is 2.39. The maximum atomic E-state index is 13.4. The number of rotatable bonds is 5. The normalized spacial score (nSPS) is 11.6. The minimum atomic E-state index is -0.933. The second-order valence-electron chi connectivity index (χ2n) is 3.79. The van der Waals surface area contributed by atoms with Gasteiger partial charge in [-0.3, -0.25) is 4.79 Å². The average Bonchev–Trinajstić information content (AvgIpc) is 2.38. The lowest BCUT2D eigenvalue weighted by Crippen LogP contribution is -2.35. The summed E-state index contributed by atoms with van der Waals surface area (Å²) in [7, 11) is 1.33. The van der Waals surface area contributed by atoms with Gasteiger partial charge in [0.15, 0.2) is 17.7 Å². The molecule has 0 radical (unpaired) electrons. The van der Waals surface area contributed by atoms with Gasteiger partial charge >= 0.3 is 5.97 Å². The zero-order chi connectivity index (χ0) is 14.4. The number of hydrogen-bond donors (Lipinski definition) is 1. The van der Waals surface area contributed by atoms with Crippen molar-refractivity contribution in [3.63, 3.8) is 0 Å². The average molecular weight is 269 g/mol. The van der Waals surface area contributed by atoms with Gasteiger partial charge in [-0.1, -0.05) is 0 Å². The number of esters is 1. The van der Waals surface area contributed by atoms with Crippen LogP contribution in [0, 0.1) is 5.82 Å². The molecule has 1 N–H and O–H groups in total. The van der Waals surface area contributed by atoms with Crippen molar-refractivity contribution in [1.29, 1.82) is 0 Å². The monoisotopic (exact) mass is 269 g/mol. The fourth-order valence-electron chi connectivity index (χ4n) is 1.39. The molecule has 0 bridgehead atoms. The summed E-state index contributed by atoms with van der Waals surface area (Å²) in [5.74, 6) is -1.79. The first-order valence-electron chi connectivity index (χ1n) is 5.81. The molecule has 5 nitrogen and oxygen atoms in total. The Bertz CT molecular complexity index is 476. The summed E-state index contributed by atoms with van der Waals surface area (Å²) < 4.78 is 23.1. The molecular formula is C13H16FNO4. The lowest BCUT2D eigenvalue weighted by molar-refractivity contribution is -0.128. The van der Waals surface area contributed by atoms with E-state index < -0.39 is 23.8 Å². The molecule has 104 valence electrons. The van der Waals surface area contributed by atoms with Crippen LogP contribution >= 0.6 is 0 Å². The van der Waals surface area contributed by atoms with Crippen LogP contribution in [0.3, 0.4) is 0 Å². The van der Waals surface area contributed by atoms with Gasteiger partial charge in [-0.05, 0) is 32.0 Å². The Kier molecular flexibility index (Phi) is 5.29. The third-order valence-corrected chi connectivity index (χ3v) is 2.39. The number of carbonyl (C=O) groups excluding carboxylic acids is 2. The van der Waals surface area contributed by atoms with E-state index in [-0.39, 0.29) is 11.3 Å². The van der Waals surface area contributed by atoms with Crippen LogP contribution in [0.4, 0.5) is 4.39 Å². The molecule has 0 aromatic heterocycles. The van der Waals surface area contributed by atoms with Crippen molar-refractivity contribution in [3.8, 4) is 5.75 Å². The molecule has 0 aliphatic rings. The number of amides is 1. The SMILES string of the molecule is CCNC(=O)[C@@H](C)OC(=O)c1ccc(OC)c(F)c1. The first-order chi connectivity index (χ1) is 8.99. The molecule has 1 amide bonds. The Morgan fingerprint density at radius 2 is 2.11 bits per heavy atom. The topological polar surface area (TPSA) is 64.6 Å². The molecule has 0 aliphatic carbocycles. The molecule has 1 atom stereocenters. The maximum absolute atomic E-state index is 13.4. The van der Waals surface area contributed by atoms with Crippen molar-refractivity contribution in [3.05, 3.63) is 29.6 Å². The standard InChI is InChI=1S/C13H16FNO4/c1-4-15-12(16)8(2)19-13(17)9-5-6-11(18-3)10(14)7-9/h5-8H,4H2,1-3H3,(H,15,16)/t8-/m1/s1. The molecule has 0 saturated carbocycles. The molecule has 0 unspecified atom stereocenters. The van der Waals surface area contributed by atoms with Crippen molar-refractivity contribution in [2.75, 3.05) is 13.7 Å². The highest BCUT2D eigenvalue weighted by atomic mass is 19.1. The molecule has 1 rings (SSSR count). The van der Waals surface area contributed by atoms with E-state index in [4.69, 9.17) is 9.47 Å². The summed E-state index contributed by atoms with van der Waals surface area (Å²) in [6.07, 6.45) is -0.933. The Morgan fingerprint density at radius 3 is 2.63 bits per heavy atom. The molecule has 0 spiro atoms. The van der Waals surface area contributed by atoms with Gasteiger partial charge in [0.25, 0.3) is 5.91 Å². The fraction of sp³-hybridized carbons (Fsp3) is 0.385. The van der Waals surface area contributed by atoms with E-state index in [0.29, 0.717) is 6.54 Å². The molecule has 1 aromatic carbocycles. The predicted molar refractivity (Wildman–Crippen MR) is 66.5 cm³/mol. The summed E-state index contributed by atoms with van der Waals surface area (Å²) in [6.45, 7) is 3.64. The van der Waals surface area contributed by atoms with Gasteiger partial charge in [-0.25, -0.2) is 9.18 Å². The van der Waals surface area contributed by atoms with Crippen LogP contribution in [-0.2, 0) is 9.53 Å². The molecule has 0 heterocycles. The van der Waals surface area contributed by atoms with Gasteiger partial charge in [0.05, 0.1) is 12.7 Å². The second-order valence-corrected chi connectivity index (χ2v) is 3.79. The van der Waals surface area contributed by atoms with Gasteiger partial charge in [-0.2, -0.15) is 0 Å². The van der Waals surface area contributed by atoms with E-state index in [1.165, 1.54) is 26.2 Å². The molecule has 6 heteroatoms. The van der Waals surface area contributed by atoms with Gasteiger partial charge in [0.1, 0.15) is 0 Å². The van der Waals surface area contributed by atoms with Crippen molar-refractivity contribution in [1.82, 2.24) is 5.32 Å². The van der Waals surface area contributed by atoms with Gasteiger partial charge in [-0.15, -0.1) is 0 Å². The zero-order valence-electron chi connectivity index (χ0n) is 11.0. The van der Waals surface area contributed by atoms with E-state index in [0.717, 1.165) is 6.07 Å².